The molecule has 1 saturated carbocycles. The van der Waals surface area contributed by atoms with Gasteiger partial charge in [0.2, 0.25) is 5.91 Å². The molecule has 3 unspecified atom stereocenters. The number of amides is 1. The van der Waals surface area contributed by atoms with Crippen molar-refractivity contribution in [1.29, 1.82) is 0 Å². The maximum atomic E-state index is 13.1. The summed E-state index contributed by atoms with van der Waals surface area (Å²) >= 11 is 0. The second-order valence-electron chi connectivity index (χ2n) is 7.18. The van der Waals surface area contributed by atoms with Crippen molar-refractivity contribution >= 4 is 5.91 Å². The van der Waals surface area contributed by atoms with Gasteiger partial charge in [-0.15, -0.1) is 0 Å². The average Bonchev–Trinajstić information content (AvgIpc) is 3.29. The highest BCUT2D eigenvalue weighted by Crippen LogP contribution is 2.48. The number of rotatable bonds is 4. The Labute approximate surface area is 147 Å². The van der Waals surface area contributed by atoms with Gasteiger partial charge in [0.1, 0.15) is 11.6 Å². The van der Waals surface area contributed by atoms with Gasteiger partial charge < -0.3 is 9.47 Å². The number of imidazole rings is 1. The number of hydrogen-bond acceptors (Lipinski definition) is 2. The van der Waals surface area contributed by atoms with Crippen LogP contribution in [0.3, 0.4) is 0 Å². The van der Waals surface area contributed by atoms with Crippen molar-refractivity contribution < 1.29 is 9.18 Å². The lowest BCUT2D eigenvalue weighted by Crippen LogP contribution is -2.41. The highest BCUT2D eigenvalue weighted by atomic mass is 19.1. The predicted octanol–water partition coefficient (Wildman–Crippen LogP) is 3.55. The van der Waals surface area contributed by atoms with E-state index in [-0.39, 0.29) is 23.6 Å². The largest absolute Gasteiger partial charge is 0.340 e. The van der Waals surface area contributed by atoms with Crippen LogP contribution in [0.15, 0.2) is 36.7 Å². The van der Waals surface area contributed by atoms with Gasteiger partial charge in [0, 0.05) is 37.8 Å². The lowest BCUT2D eigenvalue weighted by molar-refractivity contribution is -0.134. The molecular weight excluding hydrogens is 317 g/mol. The van der Waals surface area contributed by atoms with E-state index in [4.69, 9.17) is 0 Å². The molecule has 4 rings (SSSR count). The molecule has 0 bridgehead atoms. The Hall–Kier alpha value is -2.17. The predicted molar refractivity (Wildman–Crippen MR) is 93.7 cm³/mol. The molecule has 0 N–H and O–H groups in total. The van der Waals surface area contributed by atoms with Gasteiger partial charge >= 0.3 is 0 Å². The first-order valence-corrected chi connectivity index (χ1v) is 9.23. The number of aryl methyl sites for hydroxylation is 1. The van der Waals surface area contributed by atoms with Crippen molar-refractivity contribution in [2.75, 3.05) is 13.1 Å². The van der Waals surface area contributed by atoms with Gasteiger partial charge in [-0.3, -0.25) is 4.79 Å². The monoisotopic (exact) mass is 341 g/mol. The van der Waals surface area contributed by atoms with Gasteiger partial charge in [0.05, 0.1) is 6.04 Å². The fraction of sp³-hybridized carbons (Fsp3) is 0.500. The van der Waals surface area contributed by atoms with Crippen molar-refractivity contribution in [3.8, 4) is 0 Å². The van der Waals surface area contributed by atoms with Crippen LogP contribution in [0.4, 0.5) is 4.39 Å². The van der Waals surface area contributed by atoms with E-state index >= 15 is 0 Å². The summed E-state index contributed by atoms with van der Waals surface area (Å²) in [6.45, 7) is 3.73. The van der Waals surface area contributed by atoms with Crippen molar-refractivity contribution in [1.82, 2.24) is 14.5 Å². The van der Waals surface area contributed by atoms with Crippen LogP contribution in [0.25, 0.3) is 0 Å². The second kappa shape index (κ2) is 6.62. The highest BCUT2D eigenvalue weighted by molar-refractivity contribution is 5.83. The molecule has 1 saturated heterocycles. The summed E-state index contributed by atoms with van der Waals surface area (Å²) < 4.78 is 15.3. The van der Waals surface area contributed by atoms with Gasteiger partial charge in [0.15, 0.2) is 0 Å². The third kappa shape index (κ3) is 3.20. The second-order valence-corrected chi connectivity index (χ2v) is 7.18. The van der Waals surface area contributed by atoms with Crippen LogP contribution in [-0.2, 0) is 11.2 Å². The molecule has 0 spiro atoms. The normalized spacial score (nSPS) is 25.8. The fourth-order valence-electron chi connectivity index (χ4n) is 4.11. The van der Waals surface area contributed by atoms with E-state index in [0.717, 1.165) is 50.2 Å². The first-order valence-electron chi connectivity index (χ1n) is 9.23. The minimum Gasteiger partial charge on any atom is -0.340 e. The smallest absolute Gasteiger partial charge is 0.226 e. The molecule has 2 heterocycles. The number of piperidine rings is 1. The molecule has 132 valence electrons. The lowest BCUT2D eigenvalue weighted by Gasteiger charge is -2.34. The summed E-state index contributed by atoms with van der Waals surface area (Å²) in [5, 5.41) is 0. The molecule has 5 heteroatoms. The zero-order chi connectivity index (χ0) is 17.4. The molecule has 1 aliphatic carbocycles. The van der Waals surface area contributed by atoms with Gasteiger partial charge in [0.25, 0.3) is 0 Å². The van der Waals surface area contributed by atoms with Crippen LogP contribution in [0.2, 0.25) is 0 Å². The molecule has 25 heavy (non-hydrogen) atoms. The van der Waals surface area contributed by atoms with Crippen molar-refractivity contribution in [3.05, 3.63) is 53.9 Å². The molecule has 1 amide bonds. The maximum absolute atomic E-state index is 13.1. The lowest BCUT2D eigenvalue weighted by atomic mass is 10.0. The average molecular weight is 341 g/mol. The Morgan fingerprint density at radius 1 is 1.32 bits per heavy atom. The van der Waals surface area contributed by atoms with E-state index in [0.29, 0.717) is 6.04 Å². The summed E-state index contributed by atoms with van der Waals surface area (Å²) in [6, 6.07) is 6.92. The molecular formula is C20H24FN3O. The van der Waals surface area contributed by atoms with Gasteiger partial charge in [-0.25, -0.2) is 9.37 Å². The Morgan fingerprint density at radius 2 is 2.12 bits per heavy atom. The van der Waals surface area contributed by atoms with Crippen LogP contribution in [0, 0.1) is 11.7 Å². The first-order chi connectivity index (χ1) is 12.2. The van der Waals surface area contributed by atoms with Crippen LogP contribution in [0.5, 0.6) is 0 Å². The topological polar surface area (TPSA) is 38.1 Å². The number of likely N-dealkylation sites (tertiary alicyclic amines) is 1. The number of halogens is 1. The number of hydrogen-bond donors (Lipinski definition) is 0. The van der Waals surface area contributed by atoms with Crippen molar-refractivity contribution in [2.45, 2.75) is 44.6 Å². The summed E-state index contributed by atoms with van der Waals surface area (Å²) in [4.78, 5) is 19.4. The van der Waals surface area contributed by atoms with E-state index < -0.39 is 0 Å². The summed E-state index contributed by atoms with van der Waals surface area (Å²) in [5.41, 5.74) is 1.08. The van der Waals surface area contributed by atoms with E-state index in [1.807, 2.05) is 29.4 Å². The van der Waals surface area contributed by atoms with Crippen LogP contribution in [0.1, 0.15) is 49.5 Å². The molecule has 2 aromatic rings. The molecule has 4 nitrogen and oxygen atoms in total. The molecule has 1 aromatic heterocycles. The molecule has 2 aliphatic rings. The van der Waals surface area contributed by atoms with Crippen LogP contribution in [-0.4, -0.2) is 33.4 Å². The number of nitrogens with zero attached hydrogens (tertiary/aromatic N) is 3. The Bertz CT molecular complexity index is 755. The van der Waals surface area contributed by atoms with Crippen LogP contribution >= 0.6 is 0 Å². The van der Waals surface area contributed by atoms with E-state index in [2.05, 4.69) is 16.5 Å². The van der Waals surface area contributed by atoms with Gasteiger partial charge in [-0.05, 0) is 42.9 Å². The van der Waals surface area contributed by atoms with Crippen LogP contribution < -0.4 is 0 Å². The van der Waals surface area contributed by atoms with Crippen molar-refractivity contribution in [2.24, 2.45) is 5.92 Å². The Morgan fingerprint density at radius 3 is 2.88 bits per heavy atom. The Kier molecular flexibility index (Phi) is 4.32. The molecule has 2 fully saturated rings. The number of carbonyl (C=O) groups is 1. The minimum atomic E-state index is -0.224. The number of benzene rings is 1. The third-order valence-electron chi connectivity index (χ3n) is 5.57. The summed E-state index contributed by atoms with van der Waals surface area (Å²) in [7, 11) is 0. The SMILES string of the molecule is CCc1nccn1C1CCCN(C(=O)C2CC2c2ccc(F)cc2)C1. The zero-order valence-electron chi connectivity index (χ0n) is 14.6. The quantitative estimate of drug-likeness (QED) is 0.853. The first kappa shape index (κ1) is 16.3. The minimum absolute atomic E-state index is 0.0673. The molecule has 1 aromatic carbocycles. The summed E-state index contributed by atoms with van der Waals surface area (Å²) in [6.07, 6.45) is 7.81. The molecule has 3 atom stereocenters. The fourth-order valence-corrected chi connectivity index (χ4v) is 4.11. The number of carbonyl (C=O) groups excluding carboxylic acids is 1. The Balaban J connectivity index is 1.42. The zero-order valence-corrected chi connectivity index (χ0v) is 14.6. The third-order valence-corrected chi connectivity index (χ3v) is 5.57. The van der Waals surface area contributed by atoms with Crippen molar-refractivity contribution in [3.63, 3.8) is 0 Å². The standard InChI is InChI=1S/C20H24FN3O/c1-2-19-22-9-11-24(19)16-4-3-10-23(13-16)20(25)18-12-17(18)14-5-7-15(21)8-6-14/h5-9,11,16-18H,2-4,10,12-13H2,1H3. The maximum Gasteiger partial charge on any atom is 0.226 e. The molecule has 0 radical (unpaired) electrons. The van der Waals surface area contributed by atoms with E-state index in [1.54, 1.807) is 0 Å². The molecule has 1 aliphatic heterocycles. The summed E-state index contributed by atoms with van der Waals surface area (Å²) in [5.74, 6) is 1.45. The highest BCUT2D eigenvalue weighted by Gasteiger charge is 2.46. The number of aromatic nitrogens is 2. The van der Waals surface area contributed by atoms with Gasteiger partial charge in [-0.1, -0.05) is 19.1 Å². The van der Waals surface area contributed by atoms with E-state index in [1.165, 1.54) is 12.1 Å². The van der Waals surface area contributed by atoms with E-state index in [9.17, 15) is 9.18 Å². The van der Waals surface area contributed by atoms with Gasteiger partial charge in [-0.2, -0.15) is 0 Å².